The maximum absolute atomic E-state index is 13.2. The first-order valence-corrected chi connectivity index (χ1v) is 10.4. The molecule has 2 aromatic rings. The molecule has 1 heterocycles. The van der Waals surface area contributed by atoms with Crippen LogP contribution in [0.4, 0.5) is 11.4 Å². The van der Waals surface area contributed by atoms with Crippen molar-refractivity contribution >= 4 is 17.3 Å². The van der Waals surface area contributed by atoms with Crippen molar-refractivity contribution < 1.29 is 9.90 Å². The van der Waals surface area contributed by atoms with Gasteiger partial charge in [-0.1, -0.05) is 24.3 Å². The number of amides is 1. The molecule has 5 heteroatoms. The maximum atomic E-state index is 13.2. The molecular weight excluding hydrogens is 362 g/mol. The number of nitriles is 1. The van der Waals surface area contributed by atoms with E-state index in [0.717, 1.165) is 43.6 Å². The van der Waals surface area contributed by atoms with Gasteiger partial charge in [-0.05, 0) is 68.4 Å². The number of hydrogen-bond acceptors (Lipinski definition) is 4. The highest BCUT2D eigenvalue weighted by molar-refractivity contribution is 5.99. The number of nitrogens with one attached hydrogen (secondary N) is 1. The van der Waals surface area contributed by atoms with Crippen LogP contribution in [0, 0.1) is 11.3 Å². The van der Waals surface area contributed by atoms with E-state index in [4.69, 9.17) is 0 Å². The fraction of sp³-hybridized carbons (Fsp3) is 0.417. The molecule has 1 aliphatic heterocycles. The molecule has 150 valence electrons. The number of benzene rings is 2. The number of carbonyl (C=O) groups excluding carboxylic acids is 1. The molecule has 1 saturated heterocycles. The molecule has 1 fully saturated rings. The van der Waals surface area contributed by atoms with Gasteiger partial charge in [0.25, 0.3) is 0 Å². The van der Waals surface area contributed by atoms with Crippen molar-refractivity contribution in [1.29, 1.82) is 5.26 Å². The second-order valence-corrected chi connectivity index (χ2v) is 8.36. The third-order valence-electron chi connectivity index (χ3n) is 6.42. The molecule has 5 nitrogen and oxygen atoms in total. The molecule has 0 saturated carbocycles. The Balaban J connectivity index is 1.56. The monoisotopic (exact) mass is 389 g/mol. The Labute approximate surface area is 172 Å². The molecule has 1 atom stereocenters. The Hall–Kier alpha value is -2.84. The van der Waals surface area contributed by atoms with E-state index in [1.807, 2.05) is 31.2 Å². The smallest absolute Gasteiger partial charge is 0.234 e. The van der Waals surface area contributed by atoms with E-state index in [-0.39, 0.29) is 12.0 Å². The first-order chi connectivity index (χ1) is 14.0. The second kappa shape index (κ2) is 7.88. The Bertz CT molecular complexity index is 957. The number of fused-ring (bicyclic) bond motifs is 1. The SMILES string of the molecule is C[C@]1(C(=O)Nc2ccc(N3CCC(O)CC3)c(C#N)c2)CCCc2ccccc21. The summed E-state index contributed by atoms with van der Waals surface area (Å²) in [5.74, 6) is -0.0256. The third-order valence-corrected chi connectivity index (χ3v) is 6.42. The standard InChI is InChI=1S/C24H27N3O2/c1-24(12-4-6-17-5-2-3-7-21(17)24)23(29)26-19-8-9-22(18(15-19)16-25)27-13-10-20(28)11-14-27/h2-3,5,7-9,15,20,28H,4,6,10-14H2,1H3,(H,26,29)/t24-/m0/s1. The average molecular weight is 389 g/mol. The van der Waals surface area contributed by atoms with Crippen molar-refractivity contribution in [1.82, 2.24) is 0 Å². The van der Waals surface area contributed by atoms with E-state index >= 15 is 0 Å². The molecule has 29 heavy (non-hydrogen) atoms. The molecule has 2 N–H and O–H groups in total. The van der Waals surface area contributed by atoms with Crippen molar-refractivity contribution in [3.63, 3.8) is 0 Å². The summed E-state index contributed by atoms with van der Waals surface area (Å²) in [5, 5.41) is 22.4. The van der Waals surface area contributed by atoms with Gasteiger partial charge in [0.1, 0.15) is 6.07 Å². The van der Waals surface area contributed by atoms with Crippen molar-refractivity contribution in [3.8, 4) is 6.07 Å². The minimum absolute atomic E-state index is 0.0256. The third kappa shape index (κ3) is 3.73. The van der Waals surface area contributed by atoms with Crippen molar-refractivity contribution in [2.24, 2.45) is 0 Å². The van der Waals surface area contributed by atoms with Crippen LogP contribution in [-0.4, -0.2) is 30.2 Å². The van der Waals surface area contributed by atoms with Crippen LogP contribution in [0.5, 0.6) is 0 Å². The number of piperidine rings is 1. The van der Waals surface area contributed by atoms with Crippen LogP contribution in [0.15, 0.2) is 42.5 Å². The zero-order valence-corrected chi connectivity index (χ0v) is 16.8. The number of rotatable bonds is 3. The van der Waals surface area contributed by atoms with Gasteiger partial charge in [0, 0.05) is 18.8 Å². The molecule has 0 spiro atoms. The number of aliphatic hydroxyl groups excluding tert-OH is 1. The van der Waals surface area contributed by atoms with Gasteiger partial charge < -0.3 is 15.3 Å². The van der Waals surface area contributed by atoms with Gasteiger partial charge in [0.2, 0.25) is 5.91 Å². The second-order valence-electron chi connectivity index (χ2n) is 8.36. The maximum Gasteiger partial charge on any atom is 0.234 e. The van der Waals surface area contributed by atoms with Crippen molar-refractivity contribution in [2.45, 2.75) is 50.5 Å². The number of aliphatic hydroxyl groups is 1. The lowest BCUT2D eigenvalue weighted by atomic mass is 9.70. The van der Waals surface area contributed by atoms with Crippen LogP contribution < -0.4 is 10.2 Å². The summed E-state index contributed by atoms with van der Waals surface area (Å²) in [7, 11) is 0. The summed E-state index contributed by atoms with van der Waals surface area (Å²) in [6, 6.07) is 16.0. The van der Waals surface area contributed by atoms with Gasteiger partial charge in [-0.25, -0.2) is 0 Å². The fourth-order valence-electron chi connectivity index (χ4n) is 4.63. The number of nitrogens with zero attached hydrogens (tertiary/aromatic N) is 2. The van der Waals surface area contributed by atoms with Gasteiger partial charge >= 0.3 is 0 Å². The summed E-state index contributed by atoms with van der Waals surface area (Å²) in [4.78, 5) is 15.4. The highest BCUT2D eigenvalue weighted by Gasteiger charge is 2.38. The first-order valence-electron chi connectivity index (χ1n) is 10.4. The summed E-state index contributed by atoms with van der Waals surface area (Å²) in [5.41, 5.74) is 3.85. The lowest BCUT2D eigenvalue weighted by molar-refractivity contribution is -0.121. The van der Waals surface area contributed by atoms with Crippen molar-refractivity contribution in [2.75, 3.05) is 23.3 Å². The molecule has 2 aromatic carbocycles. The molecule has 0 bridgehead atoms. The number of anilines is 2. The molecular formula is C24H27N3O2. The molecule has 1 aliphatic carbocycles. The van der Waals surface area contributed by atoms with Crippen LogP contribution in [0.3, 0.4) is 0 Å². The predicted octanol–water partition coefficient (Wildman–Crippen LogP) is 3.75. The highest BCUT2D eigenvalue weighted by atomic mass is 16.3. The topological polar surface area (TPSA) is 76.4 Å². The van der Waals surface area contributed by atoms with Gasteiger partial charge in [-0.3, -0.25) is 4.79 Å². The molecule has 0 unspecified atom stereocenters. The summed E-state index contributed by atoms with van der Waals surface area (Å²) >= 11 is 0. The zero-order chi connectivity index (χ0) is 20.4. The van der Waals surface area contributed by atoms with Gasteiger partial charge in [-0.15, -0.1) is 0 Å². The Morgan fingerprint density at radius 1 is 1.24 bits per heavy atom. The fourth-order valence-corrected chi connectivity index (χ4v) is 4.63. The van der Waals surface area contributed by atoms with Crippen LogP contribution in [0.25, 0.3) is 0 Å². The van der Waals surface area contributed by atoms with E-state index < -0.39 is 5.41 Å². The minimum atomic E-state index is -0.566. The summed E-state index contributed by atoms with van der Waals surface area (Å²) in [6.45, 7) is 3.48. The highest BCUT2D eigenvalue weighted by Crippen LogP contribution is 2.38. The van der Waals surface area contributed by atoms with Crippen LogP contribution >= 0.6 is 0 Å². The first kappa shape index (κ1) is 19.5. The largest absolute Gasteiger partial charge is 0.393 e. The number of aryl methyl sites for hydroxylation is 1. The molecule has 0 aromatic heterocycles. The van der Waals surface area contributed by atoms with E-state index in [2.05, 4.69) is 28.4 Å². The number of hydrogen-bond donors (Lipinski definition) is 2. The predicted molar refractivity (Wildman–Crippen MR) is 114 cm³/mol. The summed E-state index contributed by atoms with van der Waals surface area (Å²) in [6.07, 6.45) is 3.98. The average Bonchev–Trinajstić information content (AvgIpc) is 2.74. The van der Waals surface area contributed by atoms with E-state index in [1.165, 1.54) is 5.56 Å². The minimum Gasteiger partial charge on any atom is -0.393 e. The normalized spacial score (nSPS) is 21.9. The van der Waals surface area contributed by atoms with Crippen LogP contribution in [0.1, 0.15) is 49.3 Å². The zero-order valence-electron chi connectivity index (χ0n) is 16.8. The lowest BCUT2D eigenvalue weighted by Gasteiger charge is -2.35. The molecule has 2 aliphatic rings. The Kier molecular flexibility index (Phi) is 5.29. The van der Waals surface area contributed by atoms with E-state index in [9.17, 15) is 15.2 Å². The van der Waals surface area contributed by atoms with Crippen LogP contribution in [-0.2, 0) is 16.6 Å². The van der Waals surface area contributed by atoms with E-state index in [0.29, 0.717) is 24.1 Å². The molecule has 0 radical (unpaired) electrons. The van der Waals surface area contributed by atoms with Gasteiger partial charge in [0.05, 0.1) is 22.8 Å². The summed E-state index contributed by atoms with van der Waals surface area (Å²) < 4.78 is 0. The lowest BCUT2D eigenvalue weighted by Crippen LogP contribution is -2.40. The van der Waals surface area contributed by atoms with Gasteiger partial charge in [0.15, 0.2) is 0 Å². The van der Waals surface area contributed by atoms with E-state index in [1.54, 1.807) is 6.07 Å². The van der Waals surface area contributed by atoms with Crippen molar-refractivity contribution in [3.05, 3.63) is 59.2 Å². The number of carbonyl (C=O) groups is 1. The molecule has 4 rings (SSSR count). The Morgan fingerprint density at radius 3 is 2.76 bits per heavy atom. The Morgan fingerprint density at radius 2 is 2.00 bits per heavy atom. The quantitative estimate of drug-likeness (QED) is 0.838. The molecule has 1 amide bonds. The van der Waals surface area contributed by atoms with Crippen LogP contribution in [0.2, 0.25) is 0 Å². The van der Waals surface area contributed by atoms with Gasteiger partial charge in [-0.2, -0.15) is 5.26 Å².